The number of ether oxygens (including phenoxy) is 2. The summed E-state index contributed by atoms with van der Waals surface area (Å²) < 4.78 is 12.3. The van der Waals surface area contributed by atoms with Crippen LogP contribution in [0.1, 0.15) is 28.9 Å². The third kappa shape index (κ3) is 2.80. The van der Waals surface area contributed by atoms with Crippen molar-refractivity contribution >= 4 is 27.9 Å². The van der Waals surface area contributed by atoms with Crippen molar-refractivity contribution in [1.29, 1.82) is 0 Å². The molecule has 4 aromatic rings. The van der Waals surface area contributed by atoms with Gasteiger partial charge < -0.3 is 24.8 Å². The largest absolute Gasteiger partial charge is 0.494 e. The lowest BCUT2D eigenvalue weighted by atomic mass is 10.1. The fourth-order valence-electron chi connectivity index (χ4n) is 3.49. The van der Waals surface area contributed by atoms with Crippen molar-refractivity contribution in [2.75, 3.05) is 14.2 Å². The third-order valence-corrected chi connectivity index (χ3v) is 4.99. The van der Waals surface area contributed by atoms with E-state index in [1.807, 2.05) is 30.7 Å². The van der Waals surface area contributed by atoms with Gasteiger partial charge in [0.15, 0.2) is 5.82 Å². The molecule has 0 aliphatic heterocycles. The monoisotopic (exact) mass is 378 g/mol. The van der Waals surface area contributed by atoms with E-state index in [1.54, 1.807) is 19.2 Å². The van der Waals surface area contributed by atoms with Gasteiger partial charge in [0.05, 0.1) is 31.0 Å². The molecule has 2 heterocycles. The van der Waals surface area contributed by atoms with Crippen molar-refractivity contribution in [1.82, 2.24) is 14.5 Å². The van der Waals surface area contributed by atoms with Crippen LogP contribution in [0.4, 0.5) is 0 Å². The lowest BCUT2D eigenvalue weighted by Gasteiger charge is -2.07. The topological polar surface area (TPSA) is 95.2 Å². The molecule has 2 aromatic heterocycles. The van der Waals surface area contributed by atoms with E-state index in [4.69, 9.17) is 20.2 Å². The van der Waals surface area contributed by atoms with Gasteiger partial charge in [0.25, 0.3) is 0 Å². The number of carbonyl (C=O) groups excluding carboxylic acids is 1. The Kier molecular flexibility index (Phi) is 4.31. The molecule has 1 atom stereocenters. The fourth-order valence-corrected chi connectivity index (χ4v) is 3.49. The molecule has 0 spiro atoms. The molecular formula is C21H22N4O3. The van der Waals surface area contributed by atoms with Crippen LogP contribution in [0.2, 0.25) is 0 Å². The molecule has 0 unspecified atom stereocenters. The number of esters is 1. The Bertz CT molecular complexity index is 1200. The fraction of sp³-hybridized carbons (Fsp3) is 0.238. The predicted molar refractivity (Wildman–Crippen MR) is 109 cm³/mol. The molecule has 0 saturated carbocycles. The summed E-state index contributed by atoms with van der Waals surface area (Å²) in [6, 6.07) is 11.5. The molecule has 0 aliphatic carbocycles. The first-order valence-corrected chi connectivity index (χ1v) is 8.94. The van der Waals surface area contributed by atoms with Gasteiger partial charge in [-0.3, -0.25) is 0 Å². The van der Waals surface area contributed by atoms with E-state index in [2.05, 4.69) is 17.1 Å². The maximum absolute atomic E-state index is 12.0. The average molecular weight is 378 g/mol. The molecule has 2 aromatic carbocycles. The summed E-state index contributed by atoms with van der Waals surface area (Å²) in [5.74, 6) is 0.879. The highest BCUT2D eigenvalue weighted by molar-refractivity contribution is 5.97. The van der Waals surface area contributed by atoms with Crippen molar-refractivity contribution in [3.8, 4) is 17.3 Å². The highest BCUT2D eigenvalue weighted by atomic mass is 16.5. The number of nitrogens with two attached hydrogens (primary N) is 1. The minimum atomic E-state index is -0.429. The van der Waals surface area contributed by atoms with Crippen molar-refractivity contribution in [2.45, 2.75) is 13.0 Å². The minimum Gasteiger partial charge on any atom is -0.494 e. The van der Waals surface area contributed by atoms with E-state index in [9.17, 15) is 4.79 Å². The number of aromatic amines is 1. The summed E-state index contributed by atoms with van der Waals surface area (Å²) in [5.41, 5.74) is 10.8. The number of rotatable bonds is 4. The summed E-state index contributed by atoms with van der Waals surface area (Å²) in [5, 5.41) is 1.08. The SMILES string of the molecule is COC(=O)c1cc(OC)c2c(c1)nc(-c1cc3ccc([C@@H](C)N)cc3[nH]1)n2C. The number of fused-ring (bicyclic) bond motifs is 2. The maximum atomic E-state index is 12.0. The van der Waals surface area contributed by atoms with Crippen molar-refractivity contribution in [2.24, 2.45) is 12.8 Å². The quantitative estimate of drug-likeness (QED) is 0.530. The standard InChI is InChI=1S/C21H22N4O3/c1-11(22)12-5-6-13-8-17(23-15(13)7-12)20-24-16-9-14(21(26)28-4)10-18(27-3)19(16)25(20)2/h5-11,23H,22H2,1-4H3/t11-/m1/s1. The van der Waals surface area contributed by atoms with Crippen molar-refractivity contribution in [3.05, 3.63) is 47.5 Å². The number of imidazole rings is 1. The number of methoxy groups -OCH3 is 2. The molecule has 0 radical (unpaired) electrons. The zero-order valence-corrected chi connectivity index (χ0v) is 16.2. The maximum Gasteiger partial charge on any atom is 0.338 e. The van der Waals surface area contributed by atoms with Crippen LogP contribution in [-0.4, -0.2) is 34.7 Å². The molecule has 0 amide bonds. The summed E-state index contributed by atoms with van der Waals surface area (Å²) in [7, 11) is 4.84. The van der Waals surface area contributed by atoms with E-state index in [-0.39, 0.29) is 6.04 Å². The van der Waals surface area contributed by atoms with Crippen LogP contribution in [0.3, 0.4) is 0 Å². The highest BCUT2D eigenvalue weighted by Crippen LogP contribution is 2.33. The molecule has 0 aliphatic rings. The first kappa shape index (κ1) is 18.1. The molecule has 7 heteroatoms. The Morgan fingerprint density at radius 3 is 2.68 bits per heavy atom. The smallest absolute Gasteiger partial charge is 0.338 e. The van der Waals surface area contributed by atoms with Gasteiger partial charge in [-0.05, 0) is 36.8 Å². The molecule has 28 heavy (non-hydrogen) atoms. The Hall–Kier alpha value is -3.32. The van der Waals surface area contributed by atoms with E-state index in [0.29, 0.717) is 16.8 Å². The Morgan fingerprint density at radius 2 is 2.00 bits per heavy atom. The number of carbonyl (C=O) groups is 1. The first-order valence-electron chi connectivity index (χ1n) is 8.94. The molecular weight excluding hydrogens is 356 g/mol. The number of H-pyrrole nitrogens is 1. The summed E-state index contributed by atoms with van der Waals surface area (Å²) >= 11 is 0. The van der Waals surface area contributed by atoms with Gasteiger partial charge >= 0.3 is 5.97 Å². The number of aryl methyl sites for hydroxylation is 1. The minimum absolute atomic E-state index is 0.0343. The van der Waals surface area contributed by atoms with E-state index < -0.39 is 5.97 Å². The summed E-state index contributed by atoms with van der Waals surface area (Å²) in [6.07, 6.45) is 0. The Balaban J connectivity index is 1.90. The summed E-state index contributed by atoms with van der Waals surface area (Å²) in [4.78, 5) is 20.1. The van der Waals surface area contributed by atoms with Crippen LogP contribution in [0.5, 0.6) is 5.75 Å². The third-order valence-electron chi connectivity index (χ3n) is 4.99. The van der Waals surface area contributed by atoms with Gasteiger partial charge in [-0.2, -0.15) is 0 Å². The zero-order chi connectivity index (χ0) is 20.0. The molecule has 3 N–H and O–H groups in total. The second-order valence-electron chi connectivity index (χ2n) is 6.85. The number of hydrogen-bond donors (Lipinski definition) is 2. The first-order chi connectivity index (χ1) is 13.4. The van der Waals surface area contributed by atoms with Gasteiger partial charge in [0.1, 0.15) is 11.3 Å². The van der Waals surface area contributed by atoms with E-state index in [1.165, 1.54) is 7.11 Å². The summed E-state index contributed by atoms with van der Waals surface area (Å²) in [6.45, 7) is 1.96. The Morgan fingerprint density at radius 1 is 1.21 bits per heavy atom. The number of benzene rings is 2. The van der Waals surface area contributed by atoms with Crippen LogP contribution in [-0.2, 0) is 11.8 Å². The van der Waals surface area contributed by atoms with Gasteiger partial charge in [-0.15, -0.1) is 0 Å². The highest BCUT2D eigenvalue weighted by Gasteiger charge is 2.19. The molecule has 0 saturated heterocycles. The zero-order valence-electron chi connectivity index (χ0n) is 16.2. The van der Waals surface area contributed by atoms with Gasteiger partial charge in [0.2, 0.25) is 0 Å². The number of nitrogens with zero attached hydrogens (tertiary/aromatic N) is 2. The van der Waals surface area contributed by atoms with Gasteiger partial charge in [0, 0.05) is 24.0 Å². The van der Waals surface area contributed by atoms with Crippen LogP contribution in [0.25, 0.3) is 33.5 Å². The molecule has 144 valence electrons. The lowest BCUT2D eigenvalue weighted by Crippen LogP contribution is -2.04. The van der Waals surface area contributed by atoms with Crippen molar-refractivity contribution < 1.29 is 14.3 Å². The molecule has 0 bridgehead atoms. The van der Waals surface area contributed by atoms with E-state index >= 15 is 0 Å². The average Bonchev–Trinajstić information content (AvgIpc) is 3.26. The van der Waals surface area contributed by atoms with Crippen LogP contribution in [0, 0.1) is 0 Å². The molecule has 4 rings (SSSR count). The van der Waals surface area contributed by atoms with Crippen LogP contribution in [0.15, 0.2) is 36.4 Å². The van der Waals surface area contributed by atoms with E-state index in [0.717, 1.165) is 33.5 Å². The van der Waals surface area contributed by atoms with Crippen LogP contribution >= 0.6 is 0 Å². The lowest BCUT2D eigenvalue weighted by molar-refractivity contribution is 0.0600. The number of aromatic nitrogens is 3. The Labute approximate surface area is 162 Å². The second kappa shape index (κ2) is 6.69. The number of nitrogens with one attached hydrogen (secondary N) is 1. The second-order valence-corrected chi connectivity index (χ2v) is 6.85. The number of hydrogen-bond acceptors (Lipinski definition) is 5. The van der Waals surface area contributed by atoms with Crippen LogP contribution < -0.4 is 10.5 Å². The molecule has 7 nitrogen and oxygen atoms in total. The van der Waals surface area contributed by atoms with Gasteiger partial charge in [-0.1, -0.05) is 12.1 Å². The van der Waals surface area contributed by atoms with Crippen molar-refractivity contribution in [3.63, 3.8) is 0 Å². The predicted octanol–water partition coefficient (Wildman–Crippen LogP) is 3.54. The normalized spacial score (nSPS) is 12.5. The van der Waals surface area contributed by atoms with Gasteiger partial charge in [-0.25, -0.2) is 9.78 Å². The molecule has 0 fully saturated rings.